The predicted octanol–water partition coefficient (Wildman–Crippen LogP) is 2.98. The number of benzene rings is 1. The molecule has 0 atom stereocenters. The minimum absolute atomic E-state index is 0.873. The summed E-state index contributed by atoms with van der Waals surface area (Å²) in [6, 6.07) is 13.9. The van der Waals surface area contributed by atoms with Gasteiger partial charge in [-0.15, -0.1) is 0 Å². The summed E-state index contributed by atoms with van der Waals surface area (Å²) in [6.45, 7) is 3.77. The summed E-state index contributed by atoms with van der Waals surface area (Å²) in [7, 11) is 0. The number of aromatic nitrogens is 1. The van der Waals surface area contributed by atoms with Crippen molar-refractivity contribution in [2.45, 2.75) is 13.8 Å². The van der Waals surface area contributed by atoms with Crippen LogP contribution in [0.4, 0.5) is 0 Å². The molecule has 0 aliphatic heterocycles. The first-order chi connectivity index (χ1) is 6.29. The van der Waals surface area contributed by atoms with Crippen molar-refractivity contribution >= 4 is 0 Å². The largest absolute Gasteiger partial charge is 0.361 e. The second-order valence-corrected chi connectivity index (χ2v) is 2.73. The first-order valence-corrected chi connectivity index (χ1v) is 4.19. The van der Waals surface area contributed by atoms with Gasteiger partial charge in [-0.1, -0.05) is 41.6 Å². The van der Waals surface area contributed by atoms with Crippen LogP contribution in [0.2, 0.25) is 0 Å². The van der Waals surface area contributed by atoms with Gasteiger partial charge < -0.3 is 4.52 Å². The van der Waals surface area contributed by atoms with E-state index in [0.717, 1.165) is 11.5 Å². The first kappa shape index (κ1) is 9.52. The number of aryl methyl sites for hydroxylation is 2. The molecular weight excluding hydrogens is 162 g/mol. The van der Waals surface area contributed by atoms with E-state index >= 15 is 0 Å². The van der Waals surface area contributed by atoms with Gasteiger partial charge in [-0.3, -0.25) is 0 Å². The monoisotopic (exact) mass is 175 g/mol. The molecule has 1 heterocycles. The molecule has 0 unspecified atom stereocenters. The van der Waals surface area contributed by atoms with Gasteiger partial charge in [0.05, 0.1) is 5.69 Å². The standard InChI is InChI=1S/C6H6.C5H7NO/c1-2-4-6-5-3-1;1-4-3-5(2)7-6-4/h1-6H;3H,1-2H3. The zero-order valence-corrected chi connectivity index (χ0v) is 7.90. The molecule has 0 N–H and O–H groups in total. The summed E-state index contributed by atoms with van der Waals surface area (Å²) in [5.74, 6) is 0.873. The van der Waals surface area contributed by atoms with Crippen molar-refractivity contribution in [1.29, 1.82) is 0 Å². The van der Waals surface area contributed by atoms with Gasteiger partial charge in [-0.05, 0) is 13.8 Å². The molecular formula is C11H13NO. The maximum absolute atomic E-state index is 4.71. The van der Waals surface area contributed by atoms with Crippen LogP contribution in [0.25, 0.3) is 0 Å². The highest BCUT2D eigenvalue weighted by Crippen LogP contribution is 1.97. The third-order valence-electron chi connectivity index (χ3n) is 1.41. The molecule has 0 spiro atoms. The number of nitrogens with zero attached hydrogens (tertiary/aromatic N) is 1. The quantitative estimate of drug-likeness (QED) is 0.615. The van der Waals surface area contributed by atoms with Crippen molar-refractivity contribution in [3.8, 4) is 0 Å². The van der Waals surface area contributed by atoms with E-state index in [0.29, 0.717) is 0 Å². The Kier molecular flexibility index (Phi) is 3.76. The number of rotatable bonds is 0. The average Bonchev–Trinajstić information content (AvgIpc) is 2.54. The zero-order valence-electron chi connectivity index (χ0n) is 7.90. The smallest absolute Gasteiger partial charge is 0.133 e. The molecule has 1 aromatic carbocycles. The van der Waals surface area contributed by atoms with Gasteiger partial charge in [0.25, 0.3) is 0 Å². The van der Waals surface area contributed by atoms with Crippen molar-refractivity contribution in [1.82, 2.24) is 5.16 Å². The van der Waals surface area contributed by atoms with Gasteiger partial charge in [-0.25, -0.2) is 0 Å². The Hall–Kier alpha value is -1.57. The Morgan fingerprint density at radius 3 is 1.54 bits per heavy atom. The highest BCUT2D eigenvalue weighted by molar-refractivity contribution is 5.00. The summed E-state index contributed by atoms with van der Waals surface area (Å²) in [5.41, 5.74) is 0.942. The third-order valence-corrected chi connectivity index (χ3v) is 1.41. The Bertz CT molecular complexity index is 284. The number of hydrogen-bond donors (Lipinski definition) is 0. The van der Waals surface area contributed by atoms with Crippen LogP contribution < -0.4 is 0 Å². The molecule has 0 saturated carbocycles. The Balaban J connectivity index is 0.000000132. The predicted molar refractivity (Wildman–Crippen MR) is 52.4 cm³/mol. The lowest BCUT2D eigenvalue weighted by Gasteiger charge is -1.69. The van der Waals surface area contributed by atoms with E-state index in [1.165, 1.54) is 0 Å². The van der Waals surface area contributed by atoms with Crippen molar-refractivity contribution < 1.29 is 4.52 Å². The van der Waals surface area contributed by atoms with E-state index in [2.05, 4.69) is 5.16 Å². The Morgan fingerprint density at radius 1 is 0.923 bits per heavy atom. The normalized spacial score (nSPS) is 8.77. The Labute approximate surface area is 78.2 Å². The minimum atomic E-state index is 0.873. The van der Waals surface area contributed by atoms with Crippen molar-refractivity contribution in [3.05, 3.63) is 53.9 Å². The summed E-state index contributed by atoms with van der Waals surface area (Å²) < 4.78 is 4.71. The minimum Gasteiger partial charge on any atom is -0.361 e. The van der Waals surface area contributed by atoms with E-state index in [1.54, 1.807) is 0 Å². The lowest BCUT2D eigenvalue weighted by Crippen LogP contribution is -1.59. The zero-order chi connectivity index (χ0) is 9.52. The van der Waals surface area contributed by atoms with Gasteiger partial charge in [0.1, 0.15) is 5.76 Å². The molecule has 0 radical (unpaired) electrons. The second kappa shape index (κ2) is 5.14. The molecule has 1 aromatic heterocycles. The second-order valence-electron chi connectivity index (χ2n) is 2.73. The van der Waals surface area contributed by atoms with Crippen LogP contribution in [0.3, 0.4) is 0 Å². The molecule has 0 amide bonds. The highest BCUT2D eigenvalue weighted by atomic mass is 16.5. The van der Waals surface area contributed by atoms with E-state index in [9.17, 15) is 0 Å². The van der Waals surface area contributed by atoms with Crippen LogP contribution in [0, 0.1) is 13.8 Å². The van der Waals surface area contributed by atoms with Crippen LogP contribution in [0.1, 0.15) is 11.5 Å². The molecule has 0 fully saturated rings. The molecule has 13 heavy (non-hydrogen) atoms. The van der Waals surface area contributed by atoms with Gasteiger partial charge in [0.2, 0.25) is 0 Å². The maximum atomic E-state index is 4.71. The molecule has 68 valence electrons. The molecule has 2 heteroatoms. The fourth-order valence-corrected chi connectivity index (χ4v) is 0.876. The average molecular weight is 175 g/mol. The first-order valence-electron chi connectivity index (χ1n) is 4.19. The van der Waals surface area contributed by atoms with Crippen molar-refractivity contribution in [2.75, 3.05) is 0 Å². The highest BCUT2D eigenvalue weighted by Gasteiger charge is 1.88. The molecule has 0 aliphatic rings. The van der Waals surface area contributed by atoms with Crippen LogP contribution in [0.5, 0.6) is 0 Å². The van der Waals surface area contributed by atoms with Gasteiger partial charge in [0.15, 0.2) is 0 Å². The third kappa shape index (κ3) is 4.11. The lowest BCUT2D eigenvalue weighted by molar-refractivity contribution is 0.393. The maximum Gasteiger partial charge on any atom is 0.133 e. The summed E-state index contributed by atoms with van der Waals surface area (Å²) in [5, 5.41) is 3.64. The molecule has 0 saturated heterocycles. The van der Waals surface area contributed by atoms with E-state index < -0.39 is 0 Å². The molecule has 2 rings (SSSR count). The van der Waals surface area contributed by atoms with Crippen LogP contribution in [-0.2, 0) is 0 Å². The van der Waals surface area contributed by atoms with Gasteiger partial charge in [0, 0.05) is 6.07 Å². The summed E-state index contributed by atoms with van der Waals surface area (Å²) in [4.78, 5) is 0. The number of hydrogen-bond acceptors (Lipinski definition) is 2. The van der Waals surface area contributed by atoms with E-state index in [-0.39, 0.29) is 0 Å². The fraction of sp³-hybridized carbons (Fsp3) is 0.182. The van der Waals surface area contributed by atoms with Crippen molar-refractivity contribution in [3.63, 3.8) is 0 Å². The lowest BCUT2D eigenvalue weighted by atomic mass is 10.4. The molecule has 0 bridgehead atoms. The van der Waals surface area contributed by atoms with E-state index in [4.69, 9.17) is 4.52 Å². The SMILES string of the molecule is Cc1cc(C)on1.c1ccccc1. The van der Waals surface area contributed by atoms with Gasteiger partial charge in [-0.2, -0.15) is 0 Å². The van der Waals surface area contributed by atoms with Crippen LogP contribution in [0.15, 0.2) is 47.0 Å². The topological polar surface area (TPSA) is 26.0 Å². The molecule has 2 aromatic rings. The Morgan fingerprint density at radius 2 is 1.38 bits per heavy atom. The molecule has 0 aliphatic carbocycles. The summed E-state index contributed by atoms with van der Waals surface area (Å²) in [6.07, 6.45) is 0. The van der Waals surface area contributed by atoms with Crippen LogP contribution >= 0.6 is 0 Å². The fourth-order valence-electron chi connectivity index (χ4n) is 0.876. The van der Waals surface area contributed by atoms with Crippen molar-refractivity contribution in [2.24, 2.45) is 0 Å². The molecule has 2 nitrogen and oxygen atoms in total. The summed E-state index contributed by atoms with van der Waals surface area (Å²) >= 11 is 0. The van der Waals surface area contributed by atoms with Crippen LogP contribution in [-0.4, -0.2) is 5.16 Å². The van der Waals surface area contributed by atoms with E-state index in [1.807, 2.05) is 56.3 Å². The van der Waals surface area contributed by atoms with Gasteiger partial charge >= 0.3 is 0 Å².